The third-order valence-electron chi connectivity index (χ3n) is 5.76. The minimum atomic E-state index is -0.704. The van der Waals surface area contributed by atoms with E-state index in [0.717, 1.165) is 83.5 Å². The Kier molecular flexibility index (Phi) is 16.4. The summed E-state index contributed by atoms with van der Waals surface area (Å²) < 4.78 is 11.7. The molecule has 5 nitrogen and oxygen atoms in total. The SMILES string of the molecule is CCCCC(CCCCC(CCCCCCCC(=O)O)OCc1ccccc1)OC(C)=O. The van der Waals surface area contributed by atoms with E-state index in [9.17, 15) is 9.59 Å². The zero-order chi connectivity index (χ0) is 23.4. The Morgan fingerprint density at radius 3 is 2.00 bits per heavy atom. The highest BCUT2D eigenvalue weighted by atomic mass is 16.5. The lowest BCUT2D eigenvalue weighted by Gasteiger charge is -2.20. The molecule has 0 heterocycles. The van der Waals surface area contributed by atoms with Crippen molar-refractivity contribution in [3.63, 3.8) is 0 Å². The Morgan fingerprint density at radius 1 is 0.812 bits per heavy atom. The summed E-state index contributed by atoms with van der Waals surface area (Å²) in [6.45, 7) is 4.29. The van der Waals surface area contributed by atoms with Crippen LogP contribution in [0.25, 0.3) is 0 Å². The number of aliphatic carboxylic acids is 1. The van der Waals surface area contributed by atoms with Crippen LogP contribution in [0.5, 0.6) is 0 Å². The molecule has 2 atom stereocenters. The molecule has 0 aliphatic heterocycles. The molecule has 1 rings (SSSR count). The first-order valence-corrected chi connectivity index (χ1v) is 12.6. The molecule has 2 unspecified atom stereocenters. The van der Waals surface area contributed by atoms with E-state index >= 15 is 0 Å². The van der Waals surface area contributed by atoms with Crippen LogP contribution in [0.2, 0.25) is 0 Å². The minimum Gasteiger partial charge on any atom is -0.481 e. The monoisotopic (exact) mass is 448 g/mol. The fraction of sp³-hybridized carbons (Fsp3) is 0.704. The van der Waals surface area contributed by atoms with E-state index in [1.165, 1.54) is 12.5 Å². The standard InChI is InChI=1S/C27H44O5/c1-3-4-17-26(32-23(2)28)20-14-13-19-25(31-22-24-15-9-8-10-16-24)18-11-6-5-7-12-21-27(29)30/h8-10,15-16,25-26H,3-7,11-14,17-22H2,1-2H3,(H,29,30). The molecule has 182 valence electrons. The Labute approximate surface area is 194 Å². The summed E-state index contributed by atoms with van der Waals surface area (Å²) in [4.78, 5) is 21.9. The third-order valence-corrected chi connectivity index (χ3v) is 5.76. The Balaban J connectivity index is 2.37. The topological polar surface area (TPSA) is 72.8 Å². The van der Waals surface area contributed by atoms with E-state index in [2.05, 4.69) is 19.1 Å². The van der Waals surface area contributed by atoms with Crippen molar-refractivity contribution >= 4 is 11.9 Å². The van der Waals surface area contributed by atoms with E-state index in [0.29, 0.717) is 6.61 Å². The summed E-state index contributed by atoms with van der Waals surface area (Å²) in [6.07, 6.45) is 13.9. The first-order chi connectivity index (χ1) is 15.5. The van der Waals surface area contributed by atoms with Gasteiger partial charge in [-0.3, -0.25) is 9.59 Å². The normalized spacial score (nSPS) is 12.9. The Morgan fingerprint density at radius 2 is 1.38 bits per heavy atom. The van der Waals surface area contributed by atoms with Gasteiger partial charge in [0.05, 0.1) is 12.7 Å². The molecule has 1 aromatic rings. The summed E-state index contributed by atoms with van der Waals surface area (Å²) >= 11 is 0. The lowest BCUT2D eigenvalue weighted by molar-refractivity contribution is -0.147. The van der Waals surface area contributed by atoms with E-state index < -0.39 is 5.97 Å². The van der Waals surface area contributed by atoms with Crippen molar-refractivity contribution in [1.29, 1.82) is 0 Å². The van der Waals surface area contributed by atoms with E-state index in [4.69, 9.17) is 14.6 Å². The predicted molar refractivity (Wildman–Crippen MR) is 129 cm³/mol. The van der Waals surface area contributed by atoms with Gasteiger partial charge < -0.3 is 14.6 Å². The van der Waals surface area contributed by atoms with Gasteiger partial charge in [-0.1, -0.05) is 82.2 Å². The molecule has 0 bridgehead atoms. The highest BCUT2D eigenvalue weighted by Gasteiger charge is 2.13. The quantitative estimate of drug-likeness (QED) is 0.171. The molecule has 0 spiro atoms. The molecule has 0 radical (unpaired) electrons. The number of carboxylic acids is 1. The number of carbonyl (C=O) groups is 2. The van der Waals surface area contributed by atoms with Crippen LogP contribution < -0.4 is 0 Å². The van der Waals surface area contributed by atoms with Gasteiger partial charge in [0.15, 0.2) is 0 Å². The number of rotatable bonds is 20. The third kappa shape index (κ3) is 15.9. The number of benzene rings is 1. The Bertz CT molecular complexity index is 601. The first-order valence-electron chi connectivity index (χ1n) is 12.6. The highest BCUT2D eigenvalue weighted by Crippen LogP contribution is 2.19. The molecule has 0 saturated carbocycles. The number of carboxylic acid groups (broad SMARTS) is 1. The summed E-state index contributed by atoms with van der Waals surface area (Å²) in [5.41, 5.74) is 1.20. The van der Waals surface area contributed by atoms with Crippen LogP contribution in [0.4, 0.5) is 0 Å². The molecule has 1 N–H and O–H groups in total. The number of hydrogen-bond acceptors (Lipinski definition) is 4. The summed E-state index contributed by atoms with van der Waals surface area (Å²) in [5, 5.41) is 8.72. The highest BCUT2D eigenvalue weighted by molar-refractivity contribution is 5.66. The molecule has 0 aromatic heterocycles. The van der Waals surface area contributed by atoms with Gasteiger partial charge in [-0.05, 0) is 44.1 Å². The van der Waals surface area contributed by atoms with Crippen molar-refractivity contribution in [2.24, 2.45) is 0 Å². The lowest BCUT2D eigenvalue weighted by atomic mass is 10.0. The molecular weight excluding hydrogens is 404 g/mol. The minimum absolute atomic E-state index is 0.0435. The second kappa shape index (κ2) is 18.7. The maximum absolute atomic E-state index is 11.4. The van der Waals surface area contributed by atoms with Crippen LogP contribution in [0.1, 0.15) is 109 Å². The van der Waals surface area contributed by atoms with Gasteiger partial charge in [0.1, 0.15) is 6.10 Å². The van der Waals surface area contributed by atoms with Crippen molar-refractivity contribution in [1.82, 2.24) is 0 Å². The van der Waals surface area contributed by atoms with Gasteiger partial charge in [-0.15, -0.1) is 0 Å². The maximum atomic E-state index is 11.4. The van der Waals surface area contributed by atoms with Crippen LogP contribution in [0.3, 0.4) is 0 Å². The molecule has 5 heteroatoms. The number of carbonyl (C=O) groups excluding carboxylic acids is 1. The average Bonchev–Trinajstić information content (AvgIpc) is 2.77. The van der Waals surface area contributed by atoms with Crippen LogP contribution in [0.15, 0.2) is 30.3 Å². The van der Waals surface area contributed by atoms with Crippen molar-refractivity contribution < 1.29 is 24.2 Å². The summed E-state index contributed by atoms with van der Waals surface area (Å²) in [5.74, 6) is -0.886. The molecular formula is C27H44O5. The van der Waals surface area contributed by atoms with Crippen molar-refractivity contribution in [3.8, 4) is 0 Å². The second-order valence-electron chi connectivity index (χ2n) is 8.78. The van der Waals surface area contributed by atoms with E-state index in [-0.39, 0.29) is 24.6 Å². The van der Waals surface area contributed by atoms with Crippen LogP contribution in [0, 0.1) is 0 Å². The fourth-order valence-electron chi connectivity index (χ4n) is 3.95. The van der Waals surface area contributed by atoms with Crippen molar-refractivity contribution in [2.45, 2.75) is 123 Å². The van der Waals surface area contributed by atoms with Gasteiger partial charge in [-0.2, -0.15) is 0 Å². The van der Waals surface area contributed by atoms with Crippen LogP contribution in [-0.2, 0) is 25.7 Å². The van der Waals surface area contributed by atoms with Crippen LogP contribution in [-0.4, -0.2) is 29.3 Å². The lowest BCUT2D eigenvalue weighted by Crippen LogP contribution is -2.17. The maximum Gasteiger partial charge on any atom is 0.303 e. The smallest absolute Gasteiger partial charge is 0.303 e. The number of esters is 1. The van der Waals surface area contributed by atoms with Gasteiger partial charge >= 0.3 is 11.9 Å². The number of ether oxygens (including phenoxy) is 2. The summed E-state index contributed by atoms with van der Waals surface area (Å²) in [6, 6.07) is 10.3. The van der Waals surface area contributed by atoms with Gasteiger partial charge in [0, 0.05) is 13.3 Å². The van der Waals surface area contributed by atoms with Crippen molar-refractivity contribution in [2.75, 3.05) is 0 Å². The molecule has 0 fully saturated rings. The molecule has 0 aliphatic carbocycles. The molecule has 1 aromatic carbocycles. The molecule has 0 amide bonds. The van der Waals surface area contributed by atoms with Gasteiger partial charge in [0.2, 0.25) is 0 Å². The van der Waals surface area contributed by atoms with Crippen LogP contribution >= 0.6 is 0 Å². The number of unbranched alkanes of at least 4 members (excludes halogenated alkanes) is 6. The summed E-state index contributed by atoms with van der Waals surface area (Å²) in [7, 11) is 0. The molecule has 0 aliphatic rings. The zero-order valence-corrected chi connectivity index (χ0v) is 20.2. The van der Waals surface area contributed by atoms with E-state index in [1.54, 1.807) is 0 Å². The largest absolute Gasteiger partial charge is 0.481 e. The Hall–Kier alpha value is -1.88. The fourth-order valence-corrected chi connectivity index (χ4v) is 3.95. The van der Waals surface area contributed by atoms with Gasteiger partial charge in [0.25, 0.3) is 0 Å². The zero-order valence-electron chi connectivity index (χ0n) is 20.2. The first kappa shape index (κ1) is 28.2. The van der Waals surface area contributed by atoms with Crippen molar-refractivity contribution in [3.05, 3.63) is 35.9 Å². The average molecular weight is 449 g/mol. The predicted octanol–water partition coefficient (Wildman–Crippen LogP) is 7.07. The van der Waals surface area contributed by atoms with Gasteiger partial charge in [-0.25, -0.2) is 0 Å². The molecule has 0 saturated heterocycles. The number of hydrogen-bond donors (Lipinski definition) is 1. The molecule has 32 heavy (non-hydrogen) atoms. The second-order valence-corrected chi connectivity index (χ2v) is 8.78. The van der Waals surface area contributed by atoms with E-state index in [1.807, 2.05) is 18.2 Å².